The first-order chi connectivity index (χ1) is 7.84. The zero-order valence-corrected chi connectivity index (χ0v) is 9.63. The van der Waals surface area contributed by atoms with Gasteiger partial charge in [-0.05, 0) is 31.4 Å². The molecule has 0 bridgehead atoms. The van der Waals surface area contributed by atoms with Crippen molar-refractivity contribution in [2.45, 2.75) is 25.4 Å². The van der Waals surface area contributed by atoms with E-state index in [4.69, 9.17) is 16.3 Å². The summed E-state index contributed by atoms with van der Waals surface area (Å²) in [6.45, 7) is 0.848. The molecule has 1 fully saturated rings. The summed E-state index contributed by atoms with van der Waals surface area (Å²) in [4.78, 5) is 7.55. The highest BCUT2D eigenvalue weighted by Crippen LogP contribution is 2.31. The minimum Gasteiger partial charge on any atom is -0.372 e. The highest BCUT2D eigenvalue weighted by molar-refractivity contribution is 6.35. The second-order valence-corrected chi connectivity index (χ2v) is 4.54. The van der Waals surface area contributed by atoms with E-state index in [1.807, 2.05) is 6.07 Å². The largest absolute Gasteiger partial charge is 0.372 e. The fraction of sp³-hybridized carbons (Fsp3) is 0.417. The van der Waals surface area contributed by atoms with Crippen molar-refractivity contribution in [1.29, 1.82) is 0 Å². The van der Waals surface area contributed by atoms with E-state index < -0.39 is 0 Å². The summed E-state index contributed by atoms with van der Waals surface area (Å²) in [5, 5.41) is 1.72. The number of rotatable bonds is 1. The lowest BCUT2D eigenvalue weighted by Crippen LogP contribution is -2.11. The van der Waals surface area contributed by atoms with Crippen LogP contribution in [0.15, 0.2) is 18.3 Å². The van der Waals surface area contributed by atoms with Gasteiger partial charge in [-0.2, -0.15) is 0 Å². The second kappa shape index (κ2) is 4.07. The second-order valence-electron chi connectivity index (χ2n) is 4.13. The van der Waals surface area contributed by atoms with Crippen molar-refractivity contribution in [1.82, 2.24) is 9.97 Å². The average molecular weight is 237 g/mol. The standard InChI is InChI=1S/C12H13ClN2O/c13-9-4-5-14-12-8(9)7-10(15-12)11-3-1-2-6-16-11/h4-5,7,11H,1-3,6H2,(H,14,15). The average Bonchev–Trinajstić information content (AvgIpc) is 2.76. The minimum atomic E-state index is 0.180. The van der Waals surface area contributed by atoms with Crippen LogP contribution < -0.4 is 0 Å². The van der Waals surface area contributed by atoms with E-state index in [-0.39, 0.29) is 6.10 Å². The molecule has 0 saturated carbocycles. The van der Waals surface area contributed by atoms with Crippen LogP contribution in [0, 0.1) is 0 Å². The Bertz CT molecular complexity index is 503. The van der Waals surface area contributed by atoms with Gasteiger partial charge in [0.1, 0.15) is 5.65 Å². The van der Waals surface area contributed by atoms with Gasteiger partial charge in [0, 0.05) is 23.9 Å². The van der Waals surface area contributed by atoms with Crippen LogP contribution in [0.5, 0.6) is 0 Å². The zero-order valence-electron chi connectivity index (χ0n) is 8.87. The molecular formula is C12H13ClN2O. The first kappa shape index (κ1) is 10.1. The molecule has 0 aromatic carbocycles. The Morgan fingerprint density at radius 2 is 2.38 bits per heavy atom. The van der Waals surface area contributed by atoms with Crippen molar-refractivity contribution in [2.75, 3.05) is 6.61 Å². The maximum absolute atomic E-state index is 6.11. The molecule has 3 rings (SSSR count). The molecule has 3 nitrogen and oxygen atoms in total. The number of nitrogens with zero attached hydrogens (tertiary/aromatic N) is 1. The van der Waals surface area contributed by atoms with Crippen molar-refractivity contribution in [3.8, 4) is 0 Å². The lowest BCUT2D eigenvalue weighted by Gasteiger charge is -2.21. The van der Waals surface area contributed by atoms with E-state index in [0.717, 1.165) is 41.2 Å². The monoisotopic (exact) mass is 236 g/mol. The van der Waals surface area contributed by atoms with E-state index in [9.17, 15) is 0 Å². The summed E-state index contributed by atoms with van der Waals surface area (Å²) >= 11 is 6.11. The molecular weight excluding hydrogens is 224 g/mol. The van der Waals surface area contributed by atoms with Crippen molar-refractivity contribution < 1.29 is 4.74 Å². The maximum Gasteiger partial charge on any atom is 0.139 e. The Morgan fingerprint density at radius 3 is 3.12 bits per heavy atom. The summed E-state index contributed by atoms with van der Waals surface area (Å²) < 4.78 is 5.73. The Kier molecular flexibility index (Phi) is 2.58. The Hall–Kier alpha value is -1.06. The van der Waals surface area contributed by atoms with Gasteiger partial charge in [0.05, 0.1) is 11.1 Å². The number of fused-ring (bicyclic) bond motifs is 1. The van der Waals surface area contributed by atoms with Crippen molar-refractivity contribution in [2.24, 2.45) is 0 Å². The van der Waals surface area contributed by atoms with Crippen LogP contribution in [0.2, 0.25) is 5.02 Å². The van der Waals surface area contributed by atoms with Crippen molar-refractivity contribution in [3.05, 3.63) is 29.0 Å². The van der Waals surface area contributed by atoms with E-state index >= 15 is 0 Å². The molecule has 16 heavy (non-hydrogen) atoms. The van der Waals surface area contributed by atoms with Crippen LogP contribution in [-0.2, 0) is 4.74 Å². The first-order valence-electron chi connectivity index (χ1n) is 5.59. The molecule has 1 aliphatic rings. The quantitative estimate of drug-likeness (QED) is 0.824. The number of H-pyrrole nitrogens is 1. The summed E-state index contributed by atoms with van der Waals surface area (Å²) in [6.07, 6.45) is 5.35. The highest BCUT2D eigenvalue weighted by Gasteiger charge is 2.18. The number of nitrogens with one attached hydrogen (secondary N) is 1. The van der Waals surface area contributed by atoms with Gasteiger partial charge >= 0.3 is 0 Å². The third-order valence-electron chi connectivity index (χ3n) is 3.03. The van der Waals surface area contributed by atoms with E-state index in [1.54, 1.807) is 6.20 Å². The van der Waals surface area contributed by atoms with E-state index in [0.29, 0.717) is 0 Å². The van der Waals surface area contributed by atoms with Gasteiger partial charge in [-0.15, -0.1) is 0 Å². The minimum absolute atomic E-state index is 0.180. The fourth-order valence-electron chi connectivity index (χ4n) is 2.17. The number of ether oxygens (including phenoxy) is 1. The molecule has 0 radical (unpaired) electrons. The third kappa shape index (κ3) is 1.70. The first-order valence-corrected chi connectivity index (χ1v) is 5.97. The lowest BCUT2D eigenvalue weighted by atomic mass is 10.1. The molecule has 1 unspecified atom stereocenters. The molecule has 2 aromatic rings. The molecule has 2 aromatic heterocycles. The number of pyridine rings is 1. The Balaban J connectivity index is 2.01. The number of aromatic amines is 1. The molecule has 0 amide bonds. The molecule has 1 saturated heterocycles. The summed E-state index contributed by atoms with van der Waals surface area (Å²) in [5.41, 5.74) is 1.94. The van der Waals surface area contributed by atoms with Crippen LogP contribution in [0.3, 0.4) is 0 Å². The van der Waals surface area contributed by atoms with Gasteiger partial charge in [0.25, 0.3) is 0 Å². The number of hydrogen-bond acceptors (Lipinski definition) is 2. The molecule has 1 N–H and O–H groups in total. The van der Waals surface area contributed by atoms with Crippen molar-refractivity contribution >= 4 is 22.6 Å². The predicted molar refractivity (Wildman–Crippen MR) is 63.6 cm³/mol. The summed E-state index contributed by atoms with van der Waals surface area (Å²) in [7, 11) is 0. The Morgan fingerprint density at radius 1 is 1.44 bits per heavy atom. The predicted octanol–water partition coefficient (Wildman–Crippen LogP) is 3.46. The molecule has 3 heterocycles. The number of aromatic nitrogens is 2. The van der Waals surface area contributed by atoms with Gasteiger partial charge in [0.15, 0.2) is 0 Å². The van der Waals surface area contributed by atoms with Crippen LogP contribution >= 0.6 is 11.6 Å². The lowest BCUT2D eigenvalue weighted by molar-refractivity contribution is 0.0127. The zero-order chi connectivity index (χ0) is 11.0. The summed E-state index contributed by atoms with van der Waals surface area (Å²) in [6, 6.07) is 3.86. The topological polar surface area (TPSA) is 37.9 Å². The van der Waals surface area contributed by atoms with Gasteiger partial charge in [-0.1, -0.05) is 11.6 Å². The SMILES string of the molecule is Clc1ccnc2[nH]c(C3CCCCO3)cc12. The van der Waals surface area contributed by atoms with Gasteiger partial charge < -0.3 is 9.72 Å². The van der Waals surface area contributed by atoms with E-state index in [1.165, 1.54) is 6.42 Å². The number of hydrogen-bond donors (Lipinski definition) is 1. The molecule has 1 atom stereocenters. The fourth-order valence-corrected chi connectivity index (χ4v) is 2.37. The maximum atomic E-state index is 6.11. The third-order valence-corrected chi connectivity index (χ3v) is 3.36. The van der Waals surface area contributed by atoms with E-state index in [2.05, 4.69) is 16.0 Å². The van der Waals surface area contributed by atoms with Gasteiger partial charge in [-0.3, -0.25) is 0 Å². The molecule has 0 aliphatic carbocycles. The Labute approximate surface area is 98.8 Å². The summed E-state index contributed by atoms with van der Waals surface area (Å²) in [5.74, 6) is 0. The van der Waals surface area contributed by atoms with Gasteiger partial charge in [-0.25, -0.2) is 4.98 Å². The smallest absolute Gasteiger partial charge is 0.139 e. The van der Waals surface area contributed by atoms with Crippen LogP contribution in [0.1, 0.15) is 31.1 Å². The normalized spacial score (nSPS) is 21.4. The molecule has 4 heteroatoms. The number of halogens is 1. The molecule has 1 aliphatic heterocycles. The molecule has 84 valence electrons. The van der Waals surface area contributed by atoms with Crippen LogP contribution in [-0.4, -0.2) is 16.6 Å². The van der Waals surface area contributed by atoms with Crippen LogP contribution in [0.4, 0.5) is 0 Å². The van der Waals surface area contributed by atoms with Crippen LogP contribution in [0.25, 0.3) is 11.0 Å². The molecule has 0 spiro atoms. The van der Waals surface area contributed by atoms with Gasteiger partial charge in [0.2, 0.25) is 0 Å². The highest BCUT2D eigenvalue weighted by atomic mass is 35.5. The van der Waals surface area contributed by atoms with Crippen molar-refractivity contribution in [3.63, 3.8) is 0 Å².